The molecule has 3 aliphatic rings. The molecule has 1 aliphatic carbocycles. The average molecular weight is 478 g/mol. The summed E-state index contributed by atoms with van der Waals surface area (Å²) in [5, 5.41) is 6.96. The number of hydrogen-bond acceptors (Lipinski definition) is 3. The van der Waals surface area contributed by atoms with E-state index in [2.05, 4.69) is 20.5 Å². The van der Waals surface area contributed by atoms with Crippen LogP contribution in [-0.2, 0) is 9.53 Å². The maximum atomic E-state index is 12.7. The van der Waals surface area contributed by atoms with E-state index < -0.39 is 0 Å². The van der Waals surface area contributed by atoms with Crippen molar-refractivity contribution < 1.29 is 9.53 Å². The van der Waals surface area contributed by atoms with E-state index in [4.69, 9.17) is 4.74 Å². The Morgan fingerprint density at radius 1 is 1.12 bits per heavy atom. The number of carbonyl (C=O) groups is 1. The van der Waals surface area contributed by atoms with Crippen molar-refractivity contribution in [2.24, 2.45) is 16.8 Å². The summed E-state index contributed by atoms with van der Waals surface area (Å²) in [6, 6.07) is 0.313. The van der Waals surface area contributed by atoms with E-state index in [0.29, 0.717) is 17.9 Å². The minimum atomic E-state index is 0. The van der Waals surface area contributed by atoms with Gasteiger partial charge in [-0.15, -0.1) is 24.0 Å². The second kappa shape index (κ2) is 11.3. The summed E-state index contributed by atoms with van der Waals surface area (Å²) >= 11 is 0. The highest BCUT2D eigenvalue weighted by Crippen LogP contribution is 2.26. The summed E-state index contributed by atoms with van der Waals surface area (Å²) in [4.78, 5) is 19.1. The van der Waals surface area contributed by atoms with E-state index in [-0.39, 0.29) is 29.9 Å². The molecule has 150 valence electrons. The fraction of sp³-hybridized carbons (Fsp3) is 0.895. The third-order valence-electron chi connectivity index (χ3n) is 5.92. The van der Waals surface area contributed by atoms with Crippen molar-refractivity contribution in [3.63, 3.8) is 0 Å². The van der Waals surface area contributed by atoms with Gasteiger partial charge in [0.25, 0.3) is 0 Å². The van der Waals surface area contributed by atoms with E-state index in [1.165, 1.54) is 19.3 Å². The molecule has 2 heterocycles. The molecule has 0 spiro atoms. The topological polar surface area (TPSA) is 66.0 Å². The van der Waals surface area contributed by atoms with Crippen LogP contribution >= 0.6 is 24.0 Å². The van der Waals surface area contributed by atoms with Gasteiger partial charge in [0.2, 0.25) is 5.91 Å². The molecule has 1 amide bonds. The first kappa shape index (κ1) is 21.7. The molecule has 0 aromatic carbocycles. The molecule has 6 nitrogen and oxygen atoms in total. The number of amides is 1. The normalized spacial score (nSPS) is 25.7. The van der Waals surface area contributed by atoms with Gasteiger partial charge in [-0.3, -0.25) is 9.79 Å². The molecule has 1 saturated carbocycles. The Morgan fingerprint density at radius 3 is 2.54 bits per heavy atom. The Hall–Kier alpha value is -0.570. The lowest BCUT2D eigenvalue weighted by Crippen LogP contribution is -2.47. The first-order valence-electron chi connectivity index (χ1n) is 10.1. The molecule has 2 saturated heterocycles. The van der Waals surface area contributed by atoms with E-state index in [1.54, 1.807) is 0 Å². The van der Waals surface area contributed by atoms with Gasteiger partial charge in [0, 0.05) is 51.9 Å². The maximum absolute atomic E-state index is 12.7. The van der Waals surface area contributed by atoms with Crippen LogP contribution in [0.25, 0.3) is 0 Å². The highest BCUT2D eigenvalue weighted by Gasteiger charge is 2.31. The lowest BCUT2D eigenvalue weighted by atomic mass is 9.88. The van der Waals surface area contributed by atoms with Crippen molar-refractivity contribution in [2.75, 3.05) is 39.9 Å². The SMILES string of the molecule is CN=C(NCC1CCOCC1)NC1CCN(C(=O)C2CCCCC2)C1.I. The predicted octanol–water partition coefficient (Wildman–Crippen LogP) is 2.38. The van der Waals surface area contributed by atoms with Gasteiger partial charge in [0.05, 0.1) is 0 Å². The third-order valence-corrected chi connectivity index (χ3v) is 5.92. The number of rotatable bonds is 4. The van der Waals surface area contributed by atoms with E-state index in [9.17, 15) is 4.79 Å². The van der Waals surface area contributed by atoms with Crippen LogP contribution in [0.4, 0.5) is 0 Å². The van der Waals surface area contributed by atoms with E-state index >= 15 is 0 Å². The third kappa shape index (κ3) is 6.25. The Morgan fingerprint density at radius 2 is 1.85 bits per heavy atom. The second-order valence-corrected chi connectivity index (χ2v) is 7.76. The van der Waals surface area contributed by atoms with E-state index in [0.717, 1.165) is 70.9 Å². The zero-order valence-electron chi connectivity index (χ0n) is 16.0. The molecule has 3 fully saturated rings. The number of hydrogen-bond donors (Lipinski definition) is 2. The Labute approximate surface area is 174 Å². The number of nitrogens with one attached hydrogen (secondary N) is 2. The fourth-order valence-electron chi connectivity index (χ4n) is 4.27. The van der Waals surface area contributed by atoms with Crippen molar-refractivity contribution in [3.8, 4) is 0 Å². The summed E-state index contributed by atoms with van der Waals surface area (Å²) < 4.78 is 5.41. The smallest absolute Gasteiger partial charge is 0.225 e. The van der Waals surface area contributed by atoms with Crippen LogP contribution in [0.2, 0.25) is 0 Å². The number of ether oxygens (including phenoxy) is 1. The number of aliphatic imine (C=N–C) groups is 1. The number of halogens is 1. The Balaban J connectivity index is 0.00000243. The van der Waals surface area contributed by atoms with Crippen molar-refractivity contribution in [2.45, 2.75) is 57.4 Å². The van der Waals surface area contributed by atoms with Crippen molar-refractivity contribution >= 4 is 35.8 Å². The lowest BCUT2D eigenvalue weighted by Gasteiger charge is -2.27. The summed E-state index contributed by atoms with van der Waals surface area (Å²) in [6.07, 6.45) is 9.15. The predicted molar refractivity (Wildman–Crippen MR) is 115 cm³/mol. The monoisotopic (exact) mass is 478 g/mol. The van der Waals surface area contributed by atoms with Gasteiger partial charge >= 0.3 is 0 Å². The highest BCUT2D eigenvalue weighted by atomic mass is 127. The van der Waals surface area contributed by atoms with Gasteiger partial charge in [0.15, 0.2) is 5.96 Å². The van der Waals surface area contributed by atoms with Crippen molar-refractivity contribution in [3.05, 3.63) is 0 Å². The molecule has 1 atom stereocenters. The fourth-order valence-corrected chi connectivity index (χ4v) is 4.27. The van der Waals surface area contributed by atoms with Crippen LogP contribution < -0.4 is 10.6 Å². The van der Waals surface area contributed by atoms with Crippen LogP contribution in [0.1, 0.15) is 51.4 Å². The lowest BCUT2D eigenvalue weighted by molar-refractivity contribution is -0.135. The molecular weight excluding hydrogens is 443 g/mol. The molecule has 0 radical (unpaired) electrons. The molecular formula is C19H35IN4O2. The minimum absolute atomic E-state index is 0. The molecule has 0 bridgehead atoms. The minimum Gasteiger partial charge on any atom is -0.381 e. The second-order valence-electron chi connectivity index (χ2n) is 7.76. The number of nitrogens with zero attached hydrogens (tertiary/aromatic N) is 2. The van der Waals surface area contributed by atoms with Gasteiger partial charge in [-0.1, -0.05) is 19.3 Å². The zero-order chi connectivity index (χ0) is 17.5. The van der Waals surface area contributed by atoms with Crippen molar-refractivity contribution in [1.82, 2.24) is 15.5 Å². The van der Waals surface area contributed by atoms with Gasteiger partial charge in [0.1, 0.15) is 0 Å². The first-order chi connectivity index (χ1) is 12.3. The molecule has 2 aliphatic heterocycles. The maximum Gasteiger partial charge on any atom is 0.225 e. The average Bonchev–Trinajstić information content (AvgIpc) is 3.14. The molecule has 26 heavy (non-hydrogen) atoms. The standard InChI is InChI=1S/C19H34N4O2.HI/c1-20-19(21-13-15-8-11-25-12-9-15)22-17-7-10-23(14-17)18(24)16-5-3-2-4-6-16;/h15-17H,2-14H2,1H3,(H2,20,21,22);1H. The van der Waals surface area contributed by atoms with Crippen LogP contribution in [0.5, 0.6) is 0 Å². The summed E-state index contributed by atoms with van der Waals surface area (Å²) in [6.45, 7) is 4.39. The van der Waals surface area contributed by atoms with E-state index in [1.807, 2.05) is 7.05 Å². The van der Waals surface area contributed by atoms with Crippen LogP contribution in [0.15, 0.2) is 4.99 Å². The largest absolute Gasteiger partial charge is 0.381 e. The van der Waals surface area contributed by atoms with Gasteiger partial charge in [-0.25, -0.2) is 0 Å². The summed E-state index contributed by atoms with van der Waals surface area (Å²) in [5.74, 6) is 2.19. The van der Waals surface area contributed by atoms with Gasteiger partial charge < -0.3 is 20.3 Å². The number of carbonyl (C=O) groups excluding carboxylic acids is 1. The quantitative estimate of drug-likeness (QED) is 0.370. The van der Waals surface area contributed by atoms with Crippen LogP contribution in [0.3, 0.4) is 0 Å². The Kier molecular flexibility index (Phi) is 9.45. The van der Waals surface area contributed by atoms with Crippen LogP contribution in [0, 0.1) is 11.8 Å². The zero-order valence-corrected chi connectivity index (χ0v) is 18.4. The highest BCUT2D eigenvalue weighted by molar-refractivity contribution is 14.0. The van der Waals surface area contributed by atoms with Gasteiger partial charge in [-0.2, -0.15) is 0 Å². The molecule has 7 heteroatoms. The van der Waals surface area contributed by atoms with Crippen LogP contribution in [-0.4, -0.2) is 62.7 Å². The summed E-state index contributed by atoms with van der Waals surface area (Å²) in [7, 11) is 1.82. The summed E-state index contributed by atoms with van der Waals surface area (Å²) in [5.41, 5.74) is 0. The number of guanidine groups is 1. The van der Waals surface area contributed by atoms with Crippen molar-refractivity contribution in [1.29, 1.82) is 0 Å². The molecule has 3 rings (SSSR count). The van der Waals surface area contributed by atoms with Gasteiger partial charge in [-0.05, 0) is 38.0 Å². The molecule has 2 N–H and O–H groups in total. The molecule has 0 aromatic heterocycles. The number of likely N-dealkylation sites (tertiary alicyclic amines) is 1. The first-order valence-corrected chi connectivity index (χ1v) is 10.1. The molecule has 0 aromatic rings. The molecule has 1 unspecified atom stereocenters. The Bertz CT molecular complexity index is 462.